The first-order chi connectivity index (χ1) is 7.91. The molecule has 0 heterocycles. The van der Waals surface area contributed by atoms with Gasteiger partial charge in [-0.3, -0.25) is 0 Å². The standard InChI is InChI=1S/C13H16O4.2Na/c1-9(2)13(11(14)15,12(16)17)8-10-6-4-3-5-7-10;;/h3-7,9H,8H2,1-2H3,(H,14,15)(H,16,17);;/q;2*+1/p-2. The fourth-order valence-electron chi connectivity index (χ4n) is 1.82. The summed E-state index contributed by atoms with van der Waals surface area (Å²) in [5, 5.41) is 22.4. The molecule has 0 fully saturated rings. The Balaban J connectivity index is 0. The molecule has 19 heavy (non-hydrogen) atoms. The molecule has 0 spiro atoms. The molecule has 0 aliphatic rings. The minimum atomic E-state index is -1.98. The Morgan fingerprint density at radius 3 is 1.79 bits per heavy atom. The summed E-state index contributed by atoms with van der Waals surface area (Å²) in [6.45, 7) is 3.07. The van der Waals surface area contributed by atoms with E-state index in [-0.39, 0.29) is 65.5 Å². The molecule has 1 aromatic rings. The van der Waals surface area contributed by atoms with Crippen LogP contribution in [-0.2, 0) is 16.0 Å². The van der Waals surface area contributed by atoms with E-state index in [2.05, 4.69) is 0 Å². The molecule has 0 atom stereocenters. The zero-order valence-electron chi connectivity index (χ0n) is 11.8. The molecule has 0 amide bonds. The number of hydrogen-bond acceptors (Lipinski definition) is 4. The van der Waals surface area contributed by atoms with Crippen molar-refractivity contribution < 1.29 is 78.9 Å². The molecule has 0 aromatic heterocycles. The first-order valence-electron chi connectivity index (χ1n) is 5.38. The average Bonchev–Trinajstić information content (AvgIpc) is 2.25. The summed E-state index contributed by atoms with van der Waals surface area (Å²) in [7, 11) is 0. The normalized spacial score (nSPS) is 10.3. The summed E-state index contributed by atoms with van der Waals surface area (Å²) in [6.07, 6.45) is -0.129. The third-order valence-electron chi connectivity index (χ3n) is 3.04. The zero-order chi connectivity index (χ0) is 13.1. The maximum absolute atomic E-state index is 11.2. The maximum atomic E-state index is 11.2. The molecule has 0 N–H and O–H groups in total. The fraction of sp³-hybridized carbons (Fsp3) is 0.385. The van der Waals surface area contributed by atoms with Crippen LogP contribution in [-0.4, -0.2) is 11.9 Å². The van der Waals surface area contributed by atoms with Crippen LogP contribution in [0.3, 0.4) is 0 Å². The minimum Gasteiger partial charge on any atom is -0.549 e. The second-order valence-corrected chi connectivity index (χ2v) is 4.36. The number of benzene rings is 1. The molecule has 0 unspecified atom stereocenters. The Labute approximate surface area is 157 Å². The summed E-state index contributed by atoms with van der Waals surface area (Å²) < 4.78 is 0. The second-order valence-electron chi connectivity index (χ2n) is 4.36. The summed E-state index contributed by atoms with van der Waals surface area (Å²) in [4.78, 5) is 22.4. The van der Waals surface area contributed by atoms with E-state index in [1.807, 2.05) is 0 Å². The Morgan fingerprint density at radius 1 is 1.05 bits per heavy atom. The van der Waals surface area contributed by atoms with Gasteiger partial charge in [0.25, 0.3) is 0 Å². The molecule has 1 aromatic carbocycles. The van der Waals surface area contributed by atoms with Gasteiger partial charge in [-0.25, -0.2) is 0 Å². The van der Waals surface area contributed by atoms with Crippen LogP contribution in [0.15, 0.2) is 30.3 Å². The second kappa shape index (κ2) is 9.16. The Morgan fingerprint density at radius 2 is 1.47 bits per heavy atom. The average molecular weight is 280 g/mol. The van der Waals surface area contributed by atoms with Crippen LogP contribution in [0.2, 0.25) is 0 Å². The van der Waals surface area contributed by atoms with Crippen molar-refractivity contribution in [2.24, 2.45) is 11.3 Å². The number of carbonyl (C=O) groups excluding carboxylic acids is 2. The van der Waals surface area contributed by atoms with E-state index < -0.39 is 23.3 Å². The molecule has 4 nitrogen and oxygen atoms in total. The summed E-state index contributed by atoms with van der Waals surface area (Å²) in [6, 6.07) is 8.60. The van der Waals surface area contributed by atoms with Gasteiger partial charge in [0.1, 0.15) is 0 Å². The molecule has 1 rings (SSSR count). The summed E-state index contributed by atoms with van der Waals surface area (Å²) in [5.41, 5.74) is -1.35. The molecule has 0 saturated heterocycles. The van der Waals surface area contributed by atoms with Crippen LogP contribution >= 0.6 is 0 Å². The van der Waals surface area contributed by atoms with Crippen molar-refractivity contribution in [1.29, 1.82) is 0 Å². The van der Waals surface area contributed by atoms with Crippen LogP contribution in [0.25, 0.3) is 0 Å². The van der Waals surface area contributed by atoms with Gasteiger partial charge in [-0.15, -0.1) is 0 Å². The van der Waals surface area contributed by atoms with Gasteiger partial charge in [0, 0.05) is 0 Å². The molecule has 0 aliphatic carbocycles. The first-order valence-corrected chi connectivity index (χ1v) is 5.38. The van der Waals surface area contributed by atoms with Gasteiger partial charge in [0.2, 0.25) is 0 Å². The number of aliphatic carboxylic acids is 2. The molecular weight excluding hydrogens is 266 g/mol. The minimum absolute atomic E-state index is 0. The fourth-order valence-corrected chi connectivity index (χ4v) is 1.82. The Bertz CT molecular complexity index is 404. The predicted octanol–water partition coefficient (Wildman–Crippen LogP) is -6.62. The third kappa shape index (κ3) is 4.88. The van der Waals surface area contributed by atoms with Crippen molar-refractivity contribution in [1.82, 2.24) is 0 Å². The van der Waals surface area contributed by atoms with E-state index in [9.17, 15) is 19.8 Å². The summed E-state index contributed by atoms with van der Waals surface area (Å²) in [5.74, 6) is -3.81. The van der Waals surface area contributed by atoms with Crippen molar-refractivity contribution in [3.8, 4) is 0 Å². The smallest absolute Gasteiger partial charge is 0.549 e. The van der Waals surface area contributed by atoms with E-state index >= 15 is 0 Å². The number of carboxylic acid groups (broad SMARTS) is 2. The number of hydrogen-bond donors (Lipinski definition) is 0. The van der Waals surface area contributed by atoms with Crippen molar-refractivity contribution in [2.75, 3.05) is 0 Å². The van der Waals surface area contributed by atoms with Gasteiger partial charge in [-0.1, -0.05) is 44.2 Å². The van der Waals surface area contributed by atoms with Crippen molar-refractivity contribution in [3.63, 3.8) is 0 Å². The van der Waals surface area contributed by atoms with Gasteiger partial charge in [-0.2, -0.15) is 0 Å². The Hall–Kier alpha value is 0.160. The predicted molar refractivity (Wildman–Crippen MR) is 57.4 cm³/mol. The SMILES string of the molecule is CC(C)C(Cc1ccccc1)(C(=O)[O-])C(=O)[O-].[Na+].[Na+]. The Kier molecular flexibility index (Phi) is 10.3. The topological polar surface area (TPSA) is 80.3 Å². The van der Waals surface area contributed by atoms with Gasteiger partial charge < -0.3 is 19.8 Å². The number of rotatable bonds is 5. The van der Waals surface area contributed by atoms with E-state index in [0.717, 1.165) is 0 Å². The quantitative estimate of drug-likeness (QED) is 0.397. The van der Waals surface area contributed by atoms with Crippen LogP contribution in [0.4, 0.5) is 0 Å². The molecule has 0 saturated carbocycles. The largest absolute Gasteiger partial charge is 1.00 e. The van der Waals surface area contributed by atoms with Crippen molar-refractivity contribution >= 4 is 11.9 Å². The van der Waals surface area contributed by atoms with Crippen molar-refractivity contribution in [2.45, 2.75) is 20.3 Å². The van der Waals surface area contributed by atoms with E-state index in [1.165, 1.54) is 13.8 Å². The third-order valence-corrected chi connectivity index (χ3v) is 3.04. The van der Waals surface area contributed by atoms with Gasteiger partial charge in [0.15, 0.2) is 0 Å². The molecule has 92 valence electrons. The van der Waals surface area contributed by atoms with Crippen LogP contribution in [0, 0.1) is 11.3 Å². The van der Waals surface area contributed by atoms with Gasteiger partial charge in [-0.05, 0) is 17.9 Å². The monoisotopic (exact) mass is 280 g/mol. The molecular formula is C13H14Na2O4. The van der Waals surface area contributed by atoms with Gasteiger partial charge in [0.05, 0.1) is 17.4 Å². The van der Waals surface area contributed by atoms with Gasteiger partial charge >= 0.3 is 59.1 Å². The molecule has 6 heteroatoms. The molecule has 0 radical (unpaired) electrons. The van der Waals surface area contributed by atoms with E-state index in [0.29, 0.717) is 5.56 Å². The first kappa shape index (κ1) is 21.5. The van der Waals surface area contributed by atoms with E-state index in [1.54, 1.807) is 30.3 Å². The van der Waals surface area contributed by atoms with Crippen molar-refractivity contribution in [3.05, 3.63) is 35.9 Å². The molecule has 0 aliphatic heterocycles. The van der Waals surface area contributed by atoms with E-state index in [4.69, 9.17) is 0 Å². The summed E-state index contributed by atoms with van der Waals surface area (Å²) >= 11 is 0. The zero-order valence-corrected chi connectivity index (χ0v) is 15.8. The van der Waals surface area contributed by atoms with Crippen LogP contribution in [0.5, 0.6) is 0 Å². The molecule has 0 bridgehead atoms. The van der Waals surface area contributed by atoms with Crippen LogP contribution in [0.1, 0.15) is 19.4 Å². The number of carboxylic acids is 2. The maximum Gasteiger partial charge on any atom is 1.00 e. The van der Waals surface area contributed by atoms with Crippen LogP contribution < -0.4 is 69.3 Å². The number of carbonyl (C=O) groups is 2.